The van der Waals surface area contributed by atoms with E-state index in [2.05, 4.69) is 24.5 Å². The number of carbonyl (C=O) groups is 1. The van der Waals surface area contributed by atoms with Crippen molar-refractivity contribution < 1.29 is 18.9 Å². The highest BCUT2D eigenvalue weighted by atomic mass is 16.5. The van der Waals surface area contributed by atoms with Crippen molar-refractivity contribution in [3.05, 3.63) is 89.6 Å². The van der Waals surface area contributed by atoms with E-state index in [4.69, 9.17) is 9.47 Å². The molecule has 1 heterocycles. The van der Waals surface area contributed by atoms with Crippen LogP contribution in [0.2, 0.25) is 0 Å². The molecule has 32 heavy (non-hydrogen) atoms. The van der Waals surface area contributed by atoms with Crippen LogP contribution in [0.5, 0.6) is 11.5 Å². The first-order valence-electron chi connectivity index (χ1n) is 10.6. The summed E-state index contributed by atoms with van der Waals surface area (Å²) in [5.74, 6) is 1.12. The van der Waals surface area contributed by atoms with Gasteiger partial charge in [-0.2, -0.15) is 0 Å². The number of amides is 1. The number of fused-ring (bicyclic) bond motifs is 1. The summed E-state index contributed by atoms with van der Waals surface area (Å²) in [6.45, 7) is 4.18. The fourth-order valence-corrected chi connectivity index (χ4v) is 4.18. The lowest BCUT2D eigenvalue weighted by Crippen LogP contribution is -2.53. The first-order chi connectivity index (χ1) is 15.6. The molecule has 0 atom stereocenters. The van der Waals surface area contributed by atoms with Crippen LogP contribution in [0.1, 0.15) is 28.5 Å². The lowest BCUT2D eigenvalue weighted by molar-refractivity contribution is -0.635. The molecule has 0 aliphatic carbocycles. The van der Waals surface area contributed by atoms with E-state index in [1.165, 1.54) is 10.9 Å². The molecular formula is C27H27N2O3+. The van der Waals surface area contributed by atoms with Crippen LogP contribution >= 0.6 is 0 Å². The number of ether oxygens (including phenoxy) is 2. The Morgan fingerprint density at radius 3 is 2.19 bits per heavy atom. The molecule has 1 amide bonds. The van der Waals surface area contributed by atoms with Crippen molar-refractivity contribution >= 4 is 16.7 Å². The van der Waals surface area contributed by atoms with E-state index in [0.717, 1.165) is 28.8 Å². The molecule has 0 bridgehead atoms. The molecule has 0 spiro atoms. The fraction of sp³-hybridized carbons (Fsp3) is 0.185. The zero-order chi connectivity index (χ0) is 22.7. The molecule has 4 rings (SSSR count). The molecule has 4 aromatic rings. The van der Waals surface area contributed by atoms with Gasteiger partial charge in [-0.1, -0.05) is 48.0 Å². The first-order valence-corrected chi connectivity index (χ1v) is 10.6. The summed E-state index contributed by atoms with van der Waals surface area (Å²) in [6.07, 6.45) is 0.847. The maximum Gasteiger partial charge on any atom is 0.305 e. The Balaban J connectivity index is 2.00. The van der Waals surface area contributed by atoms with Crippen LogP contribution in [0.15, 0.2) is 72.8 Å². The first kappa shape index (κ1) is 21.4. The topological polar surface area (TPSA) is 51.4 Å². The van der Waals surface area contributed by atoms with E-state index < -0.39 is 0 Å². The molecule has 0 radical (unpaired) electrons. The van der Waals surface area contributed by atoms with Crippen molar-refractivity contribution in [3.8, 4) is 22.8 Å². The van der Waals surface area contributed by atoms with Gasteiger partial charge in [-0.25, -0.2) is 0 Å². The third kappa shape index (κ3) is 3.78. The average molecular weight is 428 g/mol. The van der Waals surface area contributed by atoms with Gasteiger partial charge in [0.05, 0.1) is 25.2 Å². The number of hydrogen-bond acceptors (Lipinski definition) is 3. The van der Waals surface area contributed by atoms with Crippen LogP contribution < -0.4 is 19.6 Å². The number of rotatable bonds is 6. The number of carbonyl (C=O) groups excluding carboxylic acids is 1. The maximum atomic E-state index is 13.1. The number of benzene rings is 3. The molecular weight excluding hydrogens is 400 g/mol. The Morgan fingerprint density at radius 2 is 1.53 bits per heavy atom. The molecule has 0 saturated heterocycles. The van der Waals surface area contributed by atoms with Crippen molar-refractivity contribution in [1.29, 1.82) is 0 Å². The van der Waals surface area contributed by atoms with Gasteiger partial charge in [-0.3, -0.25) is 4.79 Å². The molecule has 0 saturated carbocycles. The quantitative estimate of drug-likeness (QED) is 0.437. The normalized spacial score (nSPS) is 10.8. The summed E-state index contributed by atoms with van der Waals surface area (Å²) in [5.41, 5.74) is 7.72. The Labute approximate surface area is 188 Å². The van der Waals surface area contributed by atoms with Gasteiger partial charge in [0.25, 0.3) is 5.69 Å². The summed E-state index contributed by atoms with van der Waals surface area (Å²) in [4.78, 5) is 13.1. The van der Waals surface area contributed by atoms with Gasteiger partial charge in [0, 0.05) is 18.1 Å². The largest absolute Gasteiger partial charge is 0.493 e. The average Bonchev–Trinajstić information content (AvgIpc) is 2.84. The highest BCUT2D eigenvalue weighted by Crippen LogP contribution is 2.35. The summed E-state index contributed by atoms with van der Waals surface area (Å²) < 4.78 is 12.9. The van der Waals surface area contributed by atoms with Gasteiger partial charge in [0.15, 0.2) is 11.5 Å². The molecule has 1 aromatic heterocycles. The van der Waals surface area contributed by atoms with Crippen molar-refractivity contribution in [3.63, 3.8) is 0 Å². The number of nitrogens with zero attached hydrogens (tertiary/aromatic N) is 1. The zero-order valence-corrected chi connectivity index (χ0v) is 18.8. The number of aromatic nitrogens is 1. The van der Waals surface area contributed by atoms with Gasteiger partial charge < -0.3 is 9.47 Å². The number of methoxy groups -OCH3 is 2. The predicted octanol–water partition coefficient (Wildman–Crippen LogP) is 5.07. The number of aryl methyl sites for hydroxylation is 1. The summed E-state index contributed by atoms with van der Waals surface area (Å²) in [5, 5.41) is 2.22. The maximum absolute atomic E-state index is 13.1. The van der Waals surface area contributed by atoms with Crippen molar-refractivity contribution in [1.82, 2.24) is 0 Å². The molecule has 0 aliphatic rings. The Kier molecular flexibility index (Phi) is 6.08. The smallest absolute Gasteiger partial charge is 0.305 e. The van der Waals surface area contributed by atoms with E-state index in [0.29, 0.717) is 17.1 Å². The molecule has 5 heteroatoms. The van der Waals surface area contributed by atoms with E-state index >= 15 is 0 Å². The van der Waals surface area contributed by atoms with Gasteiger partial charge >= 0.3 is 5.91 Å². The highest BCUT2D eigenvalue weighted by molar-refractivity contribution is 6.00. The lowest BCUT2D eigenvalue weighted by Gasteiger charge is -2.15. The van der Waals surface area contributed by atoms with Crippen LogP contribution in [-0.2, 0) is 6.42 Å². The molecule has 162 valence electrons. The predicted molar refractivity (Wildman–Crippen MR) is 127 cm³/mol. The summed E-state index contributed by atoms with van der Waals surface area (Å²) in [6, 6.07) is 23.3. The molecule has 0 unspecified atom stereocenters. The number of nitrogens with one attached hydrogen (secondary N) is 1. The lowest BCUT2D eigenvalue weighted by atomic mass is 9.97. The van der Waals surface area contributed by atoms with Crippen molar-refractivity contribution in [2.24, 2.45) is 0 Å². The van der Waals surface area contributed by atoms with Crippen molar-refractivity contribution in [2.75, 3.05) is 19.6 Å². The third-order valence-electron chi connectivity index (χ3n) is 5.76. The standard InChI is InChI=1S/C27H26N2O3/c1-5-21-18(2)29(28-27(30)19-11-7-6-8-12-19)26(23-14-10-9-13-22(21)23)20-15-16-24(31-3)25(17-20)32-4/h6-17H,5H2,1-4H3/p+1. The minimum absolute atomic E-state index is 0.169. The van der Waals surface area contributed by atoms with E-state index in [-0.39, 0.29) is 5.91 Å². The van der Waals surface area contributed by atoms with Crippen molar-refractivity contribution in [2.45, 2.75) is 20.3 Å². The Bertz CT molecular complexity index is 1280. The second-order valence-electron chi connectivity index (χ2n) is 7.52. The molecule has 0 fully saturated rings. The van der Waals surface area contributed by atoms with Gasteiger partial charge in [0.2, 0.25) is 5.69 Å². The molecule has 0 aliphatic heterocycles. The fourth-order valence-electron chi connectivity index (χ4n) is 4.18. The van der Waals surface area contributed by atoms with Crippen LogP contribution in [0.3, 0.4) is 0 Å². The van der Waals surface area contributed by atoms with Crippen LogP contribution in [-0.4, -0.2) is 20.1 Å². The minimum Gasteiger partial charge on any atom is -0.493 e. The van der Waals surface area contributed by atoms with Gasteiger partial charge in [-0.05, 0) is 48.2 Å². The van der Waals surface area contributed by atoms with E-state index in [1.54, 1.807) is 14.2 Å². The monoisotopic (exact) mass is 427 g/mol. The number of pyridine rings is 1. The second-order valence-corrected chi connectivity index (χ2v) is 7.52. The highest BCUT2D eigenvalue weighted by Gasteiger charge is 2.28. The Hall–Kier alpha value is -3.86. The van der Waals surface area contributed by atoms with Crippen LogP contribution in [0, 0.1) is 6.92 Å². The SMILES string of the molecule is CCc1c(C)[n+](NC(=O)c2ccccc2)c(-c2ccc(OC)c(OC)c2)c2ccccc12. The van der Waals surface area contributed by atoms with Gasteiger partial charge in [0.1, 0.15) is 0 Å². The van der Waals surface area contributed by atoms with Gasteiger partial charge in [-0.15, -0.1) is 5.43 Å². The third-order valence-corrected chi connectivity index (χ3v) is 5.76. The minimum atomic E-state index is -0.169. The zero-order valence-electron chi connectivity index (χ0n) is 18.8. The molecule has 3 aromatic carbocycles. The summed E-state index contributed by atoms with van der Waals surface area (Å²) >= 11 is 0. The second kappa shape index (κ2) is 9.10. The molecule has 5 nitrogen and oxygen atoms in total. The van der Waals surface area contributed by atoms with E-state index in [1.807, 2.05) is 72.3 Å². The Morgan fingerprint density at radius 1 is 0.875 bits per heavy atom. The van der Waals surface area contributed by atoms with Crippen LogP contribution in [0.4, 0.5) is 0 Å². The number of hydrogen-bond donors (Lipinski definition) is 1. The molecule has 1 N–H and O–H groups in total. The van der Waals surface area contributed by atoms with Crippen LogP contribution in [0.25, 0.3) is 22.0 Å². The van der Waals surface area contributed by atoms with E-state index in [9.17, 15) is 4.79 Å². The summed E-state index contributed by atoms with van der Waals surface area (Å²) in [7, 11) is 3.24.